The van der Waals surface area contributed by atoms with Gasteiger partial charge in [-0.25, -0.2) is 4.98 Å². The van der Waals surface area contributed by atoms with Gasteiger partial charge in [0, 0.05) is 25.3 Å². The molecular formula is C13H17N3O. The molecule has 3 heterocycles. The van der Waals surface area contributed by atoms with Gasteiger partial charge in [-0.05, 0) is 32.6 Å². The number of fused-ring (bicyclic) bond motifs is 1. The maximum absolute atomic E-state index is 5.42. The predicted octanol–water partition coefficient (Wildman–Crippen LogP) is 1.97. The molecular weight excluding hydrogens is 214 g/mol. The highest BCUT2D eigenvalue weighted by molar-refractivity contribution is 5.88. The van der Waals surface area contributed by atoms with Crippen LogP contribution in [-0.2, 0) is 0 Å². The minimum absolute atomic E-state index is 0.624. The second kappa shape index (κ2) is 4.04. The van der Waals surface area contributed by atoms with Crippen molar-refractivity contribution in [1.82, 2.24) is 9.88 Å². The Morgan fingerprint density at radius 3 is 3.06 bits per heavy atom. The average Bonchev–Trinajstić information content (AvgIpc) is 2.97. The van der Waals surface area contributed by atoms with Crippen LogP contribution in [0.4, 0.5) is 5.82 Å². The van der Waals surface area contributed by atoms with Gasteiger partial charge in [0.05, 0.1) is 11.6 Å². The molecule has 0 saturated carbocycles. The van der Waals surface area contributed by atoms with Crippen molar-refractivity contribution in [3.05, 3.63) is 24.6 Å². The number of aromatic nitrogens is 1. The number of likely N-dealkylation sites (N-methyl/N-ethyl adjacent to an activating group) is 1. The second-order valence-electron chi connectivity index (χ2n) is 4.82. The highest BCUT2D eigenvalue weighted by Crippen LogP contribution is 2.28. The van der Waals surface area contributed by atoms with Crippen LogP contribution in [0.3, 0.4) is 0 Å². The Morgan fingerprint density at radius 2 is 2.29 bits per heavy atom. The Labute approximate surface area is 101 Å². The van der Waals surface area contributed by atoms with E-state index in [4.69, 9.17) is 4.42 Å². The molecule has 4 nitrogen and oxygen atoms in total. The van der Waals surface area contributed by atoms with Crippen LogP contribution in [0.25, 0.3) is 11.0 Å². The lowest BCUT2D eigenvalue weighted by Gasteiger charge is -2.21. The summed E-state index contributed by atoms with van der Waals surface area (Å²) < 4.78 is 5.42. The predicted molar refractivity (Wildman–Crippen MR) is 68.3 cm³/mol. The molecule has 1 atom stereocenters. The van der Waals surface area contributed by atoms with Crippen molar-refractivity contribution in [2.75, 3.05) is 32.1 Å². The van der Waals surface area contributed by atoms with Gasteiger partial charge in [0.15, 0.2) is 0 Å². The van der Waals surface area contributed by atoms with E-state index in [2.05, 4.69) is 28.9 Å². The third kappa shape index (κ3) is 1.78. The lowest BCUT2D eigenvalue weighted by atomic mass is 10.2. The summed E-state index contributed by atoms with van der Waals surface area (Å²) >= 11 is 0. The van der Waals surface area contributed by atoms with Crippen molar-refractivity contribution < 1.29 is 4.42 Å². The fourth-order valence-corrected chi connectivity index (χ4v) is 2.49. The monoisotopic (exact) mass is 231 g/mol. The van der Waals surface area contributed by atoms with Crippen molar-refractivity contribution in [2.24, 2.45) is 0 Å². The molecule has 2 aromatic rings. The molecule has 1 saturated heterocycles. The number of nitrogens with zero attached hydrogens (tertiary/aromatic N) is 3. The van der Waals surface area contributed by atoms with Crippen LogP contribution in [0, 0.1) is 0 Å². The first-order valence-corrected chi connectivity index (χ1v) is 5.99. The first kappa shape index (κ1) is 10.6. The number of pyridine rings is 1. The van der Waals surface area contributed by atoms with E-state index in [9.17, 15) is 0 Å². The molecule has 1 aliphatic rings. The molecule has 4 heteroatoms. The van der Waals surface area contributed by atoms with Gasteiger partial charge in [0.25, 0.3) is 0 Å². The molecule has 0 N–H and O–H groups in total. The van der Waals surface area contributed by atoms with Crippen molar-refractivity contribution in [1.29, 1.82) is 0 Å². The van der Waals surface area contributed by atoms with E-state index in [-0.39, 0.29) is 0 Å². The molecule has 0 bridgehead atoms. The average molecular weight is 231 g/mol. The fraction of sp³-hybridized carbons (Fsp3) is 0.462. The zero-order chi connectivity index (χ0) is 11.8. The van der Waals surface area contributed by atoms with Crippen molar-refractivity contribution in [3.8, 4) is 0 Å². The Kier molecular flexibility index (Phi) is 2.52. The number of anilines is 1. The lowest BCUT2D eigenvalue weighted by molar-refractivity contribution is 0.315. The molecule has 2 aromatic heterocycles. The number of hydrogen-bond donors (Lipinski definition) is 0. The Bertz CT molecular complexity index is 520. The van der Waals surface area contributed by atoms with Gasteiger partial charge in [-0.3, -0.25) is 0 Å². The zero-order valence-electron chi connectivity index (χ0n) is 10.3. The Balaban J connectivity index is 1.92. The second-order valence-corrected chi connectivity index (χ2v) is 4.82. The first-order valence-electron chi connectivity index (χ1n) is 5.99. The molecule has 0 amide bonds. The highest BCUT2D eigenvalue weighted by Gasteiger charge is 2.26. The van der Waals surface area contributed by atoms with Crippen LogP contribution in [0.2, 0.25) is 0 Å². The number of hydrogen-bond acceptors (Lipinski definition) is 4. The number of furan rings is 1. The van der Waals surface area contributed by atoms with Gasteiger partial charge in [-0.15, -0.1) is 0 Å². The van der Waals surface area contributed by atoms with Crippen LogP contribution in [0.5, 0.6) is 0 Å². The Hall–Kier alpha value is -1.55. The van der Waals surface area contributed by atoms with Crippen LogP contribution in [0.15, 0.2) is 29.0 Å². The largest absolute Gasteiger partial charge is 0.464 e. The fourth-order valence-electron chi connectivity index (χ4n) is 2.49. The van der Waals surface area contributed by atoms with Gasteiger partial charge < -0.3 is 14.2 Å². The minimum Gasteiger partial charge on any atom is -0.464 e. The maximum atomic E-state index is 5.42. The first-order chi connectivity index (χ1) is 8.25. The lowest BCUT2D eigenvalue weighted by Crippen LogP contribution is -2.31. The van der Waals surface area contributed by atoms with E-state index >= 15 is 0 Å². The van der Waals surface area contributed by atoms with E-state index < -0.39 is 0 Å². The minimum atomic E-state index is 0.624. The summed E-state index contributed by atoms with van der Waals surface area (Å²) in [7, 11) is 4.28. The van der Waals surface area contributed by atoms with Crippen molar-refractivity contribution >= 4 is 16.8 Å². The summed E-state index contributed by atoms with van der Waals surface area (Å²) in [6, 6.07) is 4.54. The van der Waals surface area contributed by atoms with E-state index in [0.717, 1.165) is 29.9 Å². The molecule has 0 spiro atoms. The maximum Gasteiger partial charge on any atom is 0.139 e. The normalized spacial score (nSPS) is 20.6. The van der Waals surface area contributed by atoms with Crippen molar-refractivity contribution in [3.63, 3.8) is 0 Å². The third-order valence-electron chi connectivity index (χ3n) is 3.55. The summed E-state index contributed by atoms with van der Waals surface area (Å²) in [6.07, 6.45) is 4.75. The van der Waals surface area contributed by atoms with E-state index in [1.54, 1.807) is 6.26 Å². The van der Waals surface area contributed by atoms with E-state index in [1.165, 1.54) is 6.42 Å². The molecule has 0 aliphatic carbocycles. The number of rotatable bonds is 2. The molecule has 1 unspecified atom stereocenters. The molecule has 1 aliphatic heterocycles. The van der Waals surface area contributed by atoms with Crippen LogP contribution < -0.4 is 4.90 Å². The van der Waals surface area contributed by atoms with Crippen LogP contribution in [0.1, 0.15) is 6.42 Å². The Morgan fingerprint density at radius 1 is 1.41 bits per heavy atom. The summed E-state index contributed by atoms with van der Waals surface area (Å²) in [5.41, 5.74) is 0.920. The van der Waals surface area contributed by atoms with Gasteiger partial charge >= 0.3 is 0 Å². The molecule has 0 aromatic carbocycles. The topological polar surface area (TPSA) is 32.5 Å². The molecule has 0 radical (unpaired) electrons. The zero-order valence-corrected chi connectivity index (χ0v) is 10.3. The highest BCUT2D eigenvalue weighted by atomic mass is 16.3. The third-order valence-corrected chi connectivity index (χ3v) is 3.55. The summed E-state index contributed by atoms with van der Waals surface area (Å²) in [4.78, 5) is 9.14. The van der Waals surface area contributed by atoms with Gasteiger partial charge in [0.1, 0.15) is 11.4 Å². The van der Waals surface area contributed by atoms with Gasteiger partial charge in [-0.2, -0.15) is 0 Å². The van der Waals surface area contributed by atoms with Crippen LogP contribution in [-0.4, -0.2) is 43.1 Å². The van der Waals surface area contributed by atoms with Gasteiger partial charge in [-0.1, -0.05) is 0 Å². The van der Waals surface area contributed by atoms with E-state index in [0.29, 0.717) is 6.04 Å². The molecule has 3 rings (SSSR count). The van der Waals surface area contributed by atoms with Crippen LogP contribution >= 0.6 is 0 Å². The summed E-state index contributed by atoms with van der Waals surface area (Å²) in [5, 5.41) is 1.12. The van der Waals surface area contributed by atoms with Gasteiger partial charge in [0.2, 0.25) is 0 Å². The molecule has 17 heavy (non-hydrogen) atoms. The van der Waals surface area contributed by atoms with Crippen molar-refractivity contribution in [2.45, 2.75) is 12.5 Å². The van der Waals surface area contributed by atoms with E-state index in [1.807, 2.05) is 18.3 Å². The molecule has 1 fully saturated rings. The summed E-state index contributed by atoms with van der Waals surface area (Å²) in [5.74, 6) is 1.06. The summed E-state index contributed by atoms with van der Waals surface area (Å²) in [6.45, 7) is 2.12. The molecule has 90 valence electrons. The smallest absolute Gasteiger partial charge is 0.139 e. The SMILES string of the molecule is CN(C)C1CCN(c2nccc3occc23)C1. The quantitative estimate of drug-likeness (QED) is 0.791. The standard InChI is InChI=1S/C13H17N3O/c1-15(2)10-4-7-16(9-10)13-11-5-8-17-12(11)3-6-14-13/h3,5-6,8,10H,4,7,9H2,1-2H3.